The Morgan fingerprint density at radius 3 is 2.48 bits per heavy atom. The Bertz CT molecular complexity index is 855. The Kier molecular flexibility index (Phi) is 6.89. The average Bonchev–Trinajstić information content (AvgIpc) is 3.25. The maximum absolute atomic E-state index is 13.2. The van der Waals surface area contributed by atoms with Gasteiger partial charge in [0.05, 0.1) is 24.6 Å². The number of nitrogens with one attached hydrogen (secondary N) is 1. The third-order valence-electron chi connectivity index (χ3n) is 5.53. The van der Waals surface area contributed by atoms with E-state index in [1.807, 2.05) is 0 Å². The lowest BCUT2D eigenvalue weighted by Crippen LogP contribution is -2.50. The highest BCUT2D eigenvalue weighted by Crippen LogP contribution is 2.29. The van der Waals surface area contributed by atoms with Crippen molar-refractivity contribution in [2.75, 3.05) is 37.0 Å². The Morgan fingerprint density at radius 2 is 1.86 bits per heavy atom. The first-order valence-electron chi connectivity index (χ1n) is 9.99. The highest BCUT2D eigenvalue weighted by molar-refractivity contribution is 7.91. The fourth-order valence-corrected chi connectivity index (χ4v) is 5.97. The van der Waals surface area contributed by atoms with Gasteiger partial charge in [-0.2, -0.15) is 0 Å². The number of likely N-dealkylation sites (N-methyl/N-ethyl adjacent to an activating group) is 1. The molecule has 1 saturated heterocycles. The van der Waals surface area contributed by atoms with Crippen molar-refractivity contribution in [3.8, 4) is 0 Å². The predicted molar refractivity (Wildman–Crippen MR) is 109 cm³/mol. The molecular formula is C20H28FN3O4S. The average molecular weight is 426 g/mol. The number of carbonyl (C=O) groups is 2. The Balaban J connectivity index is 1.58. The Labute approximate surface area is 171 Å². The molecule has 29 heavy (non-hydrogen) atoms. The maximum Gasteiger partial charge on any atom is 0.238 e. The van der Waals surface area contributed by atoms with Gasteiger partial charge in [-0.15, -0.1) is 0 Å². The lowest BCUT2D eigenvalue weighted by atomic mass is 10.1. The van der Waals surface area contributed by atoms with Crippen LogP contribution in [0.15, 0.2) is 24.3 Å². The lowest BCUT2D eigenvalue weighted by molar-refractivity contribution is -0.136. The topological polar surface area (TPSA) is 86.8 Å². The highest BCUT2D eigenvalue weighted by atomic mass is 32.2. The van der Waals surface area contributed by atoms with Crippen molar-refractivity contribution >= 4 is 27.3 Å². The summed E-state index contributed by atoms with van der Waals surface area (Å²) in [6.45, 7) is 0.00729. The van der Waals surface area contributed by atoms with E-state index in [0.717, 1.165) is 25.7 Å². The molecule has 0 bridgehead atoms. The number of carbonyl (C=O) groups excluding carboxylic acids is 2. The van der Waals surface area contributed by atoms with Gasteiger partial charge < -0.3 is 10.2 Å². The van der Waals surface area contributed by atoms with Gasteiger partial charge in [0.15, 0.2) is 9.84 Å². The van der Waals surface area contributed by atoms with Crippen LogP contribution in [0.3, 0.4) is 0 Å². The third kappa shape index (κ3) is 5.99. The minimum Gasteiger partial charge on any atom is -0.335 e. The van der Waals surface area contributed by atoms with E-state index in [2.05, 4.69) is 5.32 Å². The summed E-state index contributed by atoms with van der Waals surface area (Å²) in [5.74, 6) is -0.772. The molecule has 160 valence electrons. The van der Waals surface area contributed by atoms with Gasteiger partial charge in [0, 0.05) is 17.8 Å². The van der Waals surface area contributed by atoms with E-state index < -0.39 is 15.7 Å². The van der Waals surface area contributed by atoms with Crippen molar-refractivity contribution in [2.24, 2.45) is 0 Å². The number of amides is 2. The zero-order chi connectivity index (χ0) is 21.0. The van der Waals surface area contributed by atoms with Crippen molar-refractivity contribution in [1.82, 2.24) is 9.80 Å². The van der Waals surface area contributed by atoms with E-state index in [0.29, 0.717) is 12.1 Å². The van der Waals surface area contributed by atoms with Gasteiger partial charge >= 0.3 is 0 Å². The monoisotopic (exact) mass is 425 g/mol. The molecular weight excluding hydrogens is 397 g/mol. The number of nitrogens with zero attached hydrogens (tertiary/aromatic N) is 2. The predicted octanol–water partition coefficient (Wildman–Crippen LogP) is 1.65. The summed E-state index contributed by atoms with van der Waals surface area (Å²) in [7, 11) is -1.42. The molecule has 0 aromatic heterocycles. The largest absolute Gasteiger partial charge is 0.335 e. The number of hydrogen-bond donors (Lipinski definition) is 1. The maximum atomic E-state index is 13.2. The van der Waals surface area contributed by atoms with Gasteiger partial charge in [-0.25, -0.2) is 12.8 Å². The lowest BCUT2D eigenvalue weighted by Gasteiger charge is -2.35. The second kappa shape index (κ2) is 9.21. The number of anilines is 1. The quantitative estimate of drug-likeness (QED) is 0.718. The molecule has 1 heterocycles. The van der Waals surface area contributed by atoms with Crippen LogP contribution in [0.4, 0.5) is 10.1 Å². The molecule has 1 saturated carbocycles. The van der Waals surface area contributed by atoms with Gasteiger partial charge in [-0.1, -0.05) is 18.9 Å². The fraction of sp³-hybridized carbons (Fsp3) is 0.600. The first kappa shape index (κ1) is 21.7. The van der Waals surface area contributed by atoms with Gasteiger partial charge in [0.25, 0.3) is 0 Å². The SMILES string of the molecule is CN(CC(=O)Nc1cccc(F)c1)CC(=O)N(C1CCCC1)[C@H]1CCS(=O)(=O)C1. The van der Waals surface area contributed by atoms with Crippen LogP contribution in [0.5, 0.6) is 0 Å². The van der Waals surface area contributed by atoms with Crippen LogP contribution in [-0.2, 0) is 19.4 Å². The van der Waals surface area contributed by atoms with Crippen molar-refractivity contribution in [3.63, 3.8) is 0 Å². The van der Waals surface area contributed by atoms with Crippen molar-refractivity contribution in [3.05, 3.63) is 30.1 Å². The van der Waals surface area contributed by atoms with Crippen LogP contribution in [0.25, 0.3) is 0 Å². The minimum absolute atomic E-state index is 0.0241. The van der Waals surface area contributed by atoms with E-state index in [1.165, 1.54) is 18.2 Å². The van der Waals surface area contributed by atoms with Crippen molar-refractivity contribution < 1.29 is 22.4 Å². The van der Waals surface area contributed by atoms with Crippen molar-refractivity contribution in [2.45, 2.75) is 44.2 Å². The number of hydrogen-bond acceptors (Lipinski definition) is 5. The van der Waals surface area contributed by atoms with Crippen molar-refractivity contribution in [1.29, 1.82) is 0 Å². The highest BCUT2D eigenvalue weighted by Gasteiger charge is 2.39. The van der Waals surface area contributed by atoms with E-state index in [1.54, 1.807) is 22.9 Å². The van der Waals surface area contributed by atoms with Gasteiger partial charge in [-0.05, 0) is 44.5 Å². The van der Waals surface area contributed by atoms with Gasteiger partial charge in [-0.3, -0.25) is 14.5 Å². The first-order chi connectivity index (χ1) is 13.7. The minimum atomic E-state index is -3.09. The van der Waals surface area contributed by atoms with Crippen LogP contribution in [0.2, 0.25) is 0 Å². The summed E-state index contributed by atoms with van der Waals surface area (Å²) >= 11 is 0. The summed E-state index contributed by atoms with van der Waals surface area (Å²) in [6.07, 6.45) is 4.35. The van der Waals surface area contributed by atoms with E-state index in [9.17, 15) is 22.4 Å². The van der Waals surface area contributed by atoms with Crippen LogP contribution >= 0.6 is 0 Å². The van der Waals surface area contributed by atoms with Crippen LogP contribution in [0, 0.1) is 5.82 Å². The number of rotatable bonds is 7. The standard InChI is InChI=1S/C20H28FN3O4S/c1-23(12-19(25)22-16-6-4-5-15(21)11-16)13-20(26)24(17-7-2-3-8-17)18-9-10-29(27,28)14-18/h4-6,11,17-18H,2-3,7-10,12-14H2,1H3,(H,22,25)/t18-/m0/s1. The zero-order valence-electron chi connectivity index (χ0n) is 16.6. The normalized spacial score (nSPS) is 21.4. The Morgan fingerprint density at radius 1 is 1.14 bits per heavy atom. The van der Waals surface area contributed by atoms with Crippen LogP contribution < -0.4 is 5.32 Å². The molecule has 0 radical (unpaired) electrons. The summed E-state index contributed by atoms with van der Waals surface area (Å²) in [5.41, 5.74) is 0.360. The molecule has 1 N–H and O–H groups in total. The number of benzene rings is 1. The summed E-state index contributed by atoms with van der Waals surface area (Å²) < 4.78 is 37.1. The first-order valence-corrected chi connectivity index (χ1v) is 11.8. The molecule has 1 aliphatic heterocycles. The second-order valence-corrected chi connectivity index (χ2v) is 10.3. The second-order valence-electron chi connectivity index (χ2n) is 8.03. The summed E-state index contributed by atoms with van der Waals surface area (Å²) in [6, 6.07) is 5.43. The molecule has 1 aromatic rings. The molecule has 1 atom stereocenters. The molecule has 2 fully saturated rings. The Hall–Kier alpha value is -2.00. The van der Waals surface area contributed by atoms with Crippen LogP contribution in [-0.4, -0.2) is 73.8 Å². The molecule has 0 unspecified atom stereocenters. The molecule has 2 amide bonds. The molecule has 3 rings (SSSR count). The molecule has 1 aliphatic carbocycles. The van der Waals surface area contributed by atoms with Gasteiger partial charge in [0.2, 0.25) is 11.8 Å². The smallest absolute Gasteiger partial charge is 0.238 e. The van der Waals surface area contributed by atoms with Crippen LogP contribution in [0.1, 0.15) is 32.1 Å². The number of sulfone groups is 1. The summed E-state index contributed by atoms with van der Waals surface area (Å²) in [4.78, 5) is 28.6. The summed E-state index contributed by atoms with van der Waals surface area (Å²) in [5, 5.41) is 2.61. The molecule has 7 nitrogen and oxygen atoms in total. The zero-order valence-corrected chi connectivity index (χ0v) is 17.5. The number of halogens is 1. The molecule has 0 spiro atoms. The fourth-order valence-electron chi connectivity index (χ4n) is 4.26. The molecule has 2 aliphatic rings. The van der Waals surface area contributed by atoms with Gasteiger partial charge in [0.1, 0.15) is 5.82 Å². The molecule has 1 aromatic carbocycles. The third-order valence-corrected chi connectivity index (χ3v) is 7.29. The van der Waals surface area contributed by atoms with E-state index in [4.69, 9.17) is 0 Å². The molecule has 9 heteroatoms. The van der Waals surface area contributed by atoms with E-state index in [-0.39, 0.29) is 48.5 Å². The van der Waals surface area contributed by atoms with E-state index >= 15 is 0 Å².